The molecule has 1 aromatic carbocycles. The van der Waals surface area contributed by atoms with E-state index in [0.29, 0.717) is 5.69 Å². The number of carbonyl (C=O) groups is 1. The smallest absolute Gasteiger partial charge is 0.434 e. The molecule has 0 saturated carbocycles. The summed E-state index contributed by atoms with van der Waals surface area (Å²) in [5.41, 5.74) is 0.654. The first-order valence-corrected chi connectivity index (χ1v) is 6.76. The third kappa shape index (κ3) is 3.90. The van der Waals surface area contributed by atoms with Crippen LogP contribution in [0.25, 0.3) is 10.9 Å². The highest BCUT2D eigenvalue weighted by molar-refractivity contribution is 5.89. The van der Waals surface area contributed by atoms with Gasteiger partial charge in [0.1, 0.15) is 6.61 Å². The molecule has 0 atom stereocenters. The summed E-state index contributed by atoms with van der Waals surface area (Å²) in [7, 11) is 0. The number of hydrogen-bond acceptors (Lipinski definition) is 4. The van der Waals surface area contributed by atoms with E-state index in [-0.39, 0.29) is 22.2 Å². The SMILES string of the molecule is Cc1nc2ccc(F)c(F)c2c(OC(=O)OCCC(F)(F)F)c1C. The van der Waals surface area contributed by atoms with Crippen molar-refractivity contribution in [3.05, 3.63) is 35.0 Å². The van der Waals surface area contributed by atoms with E-state index < -0.39 is 37.0 Å². The minimum absolute atomic E-state index is 0.0371. The predicted octanol–water partition coefficient (Wildman–Crippen LogP) is 4.60. The van der Waals surface area contributed by atoms with Crippen LogP contribution in [0.15, 0.2) is 12.1 Å². The van der Waals surface area contributed by atoms with Crippen molar-refractivity contribution in [2.75, 3.05) is 6.61 Å². The van der Waals surface area contributed by atoms with E-state index in [1.807, 2.05) is 0 Å². The van der Waals surface area contributed by atoms with Gasteiger partial charge >= 0.3 is 12.3 Å². The number of halogens is 5. The zero-order valence-corrected chi connectivity index (χ0v) is 12.6. The normalized spacial score (nSPS) is 11.6. The molecule has 9 heteroatoms. The molecule has 24 heavy (non-hydrogen) atoms. The van der Waals surface area contributed by atoms with E-state index in [9.17, 15) is 26.7 Å². The Morgan fingerprint density at radius 1 is 1.21 bits per heavy atom. The number of aryl methyl sites for hydroxylation is 1. The quantitative estimate of drug-likeness (QED) is 0.600. The van der Waals surface area contributed by atoms with Gasteiger partial charge in [-0.05, 0) is 26.0 Å². The van der Waals surface area contributed by atoms with Gasteiger partial charge in [0, 0.05) is 11.3 Å². The van der Waals surface area contributed by atoms with E-state index in [4.69, 9.17) is 4.74 Å². The van der Waals surface area contributed by atoms with Crippen molar-refractivity contribution in [1.82, 2.24) is 4.98 Å². The van der Waals surface area contributed by atoms with Crippen LogP contribution in [-0.2, 0) is 4.74 Å². The van der Waals surface area contributed by atoms with Gasteiger partial charge in [-0.15, -0.1) is 0 Å². The summed E-state index contributed by atoms with van der Waals surface area (Å²) in [5.74, 6) is -2.80. The van der Waals surface area contributed by atoms with Gasteiger partial charge in [-0.1, -0.05) is 0 Å². The number of carbonyl (C=O) groups excluding carboxylic acids is 1. The molecule has 0 aliphatic carbocycles. The predicted molar refractivity (Wildman–Crippen MR) is 73.8 cm³/mol. The largest absolute Gasteiger partial charge is 0.513 e. The minimum Gasteiger partial charge on any atom is -0.434 e. The summed E-state index contributed by atoms with van der Waals surface area (Å²) < 4.78 is 72.7. The van der Waals surface area contributed by atoms with Gasteiger partial charge in [0.25, 0.3) is 0 Å². The van der Waals surface area contributed by atoms with Crippen molar-refractivity contribution in [1.29, 1.82) is 0 Å². The zero-order chi connectivity index (χ0) is 18.1. The Kier molecular flexibility index (Phi) is 4.91. The van der Waals surface area contributed by atoms with Crippen molar-refractivity contribution >= 4 is 17.1 Å². The second-order valence-corrected chi connectivity index (χ2v) is 4.97. The Labute approximate surface area is 133 Å². The molecule has 1 aromatic heterocycles. The molecule has 130 valence electrons. The van der Waals surface area contributed by atoms with Crippen LogP contribution in [0.3, 0.4) is 0 Å². The van der Waals surface area contributed by atoms with Crippen molar-refractivity contribution in [2.24, 2.45) is 0 Å². The lowest BCUT2D eigenvalue weighted by atomic mass is 10.1. The number of benzene rings is 1. The monoisotopic (exact) mass is 349 g/mol. The van der Waals surface area contributed by atoms with Crippen LogP contribution >= 0.6 is 0 Å². The van der Waals surface area contributed by atoms with Gasteiger partial charge in [0.05, 0.1) is 17.3 Å². The van der Waals surface area contributed by atoms with Crippen LogP contribution in [-0.4, -0.2) is 23.9 Å². The standard InChI is InChI=1S/C15H12F5NO3/c1-7-8(2)21-10-4-3-9(16)12(17)11(10)13(7)24-14(22)23-6-5-15(18,19)20/h3-4H,5-6H2,1-2H3. The summed E-state index contributed by atoms with van der Waals surface area (Å²) in [5, 5.41) is -0.383. The summed E-state index contributed by atoms with van der Waals surface area (Å²) >= 11 is 0. The van der Waals surface area contributed by atoms with Crippen LogP contribution in [0, 0.1) is 25.5 Å². The molecule has 0 aliphatic rings. The van der Waals surface area contributed by atoms with E-state index in [1.165, 1.54) is 13.0 Å². The fourth-order valence-electron chi connectivity index (χ4n) is 1.96. The average Bonchev–Trinajstić information content (AvgIpc) is 2.46. The molecule has 0 amide bonds. The van der Waals surface area contributed by atoms with Crippen molar-refractivity contribution in [3.8, 4) is 5.75 Å². The van der Waals surface area contributed by atoms with Crippen LogP contribution < -0.4 is 4.74 Å². The molecule has 0 spiro atoms. The van der Waals surface area contributed by atoms with Gasteiger partial charge in [-0.25, -0.2) is 13.6 Å². The first-order valence-electron chi connectivity index (χ1n) is 6.76. The van der Waals surface area contributed by atoms with Crippen molar-refractivity contribution in [3.63, 3.8) is 0 Å². The van der Waals surface area contributed by atoms with Crippen molar-refractivity contribution in [2.45, 2.75) is 26.4 Å². The molecular weight excluding hydrogens is 337 g/mol. The number of ether oxygens (including phenoxy) is 2. The van der Waals surface area contributed by atoms with E-state index in [1.54, 1.807) is 6.92 Å². The molecule has 0 N–H and O–H groups in total. The molecule has 2 rings (SSSR count). The first-order chi connectivity index (χ1) is 11.1. The molecule has 4 nitrogen and oxygen atoms in total. The van der Waals surface area contributed by atoms with Crippen molar-refractivity contribution < 1.29 is 36.2 Å². The topological polar surface area (TPSA) is 48.4 Å². The molecule has 1 heterocycles. The number of nitrogens with zero attached hydrogens (tertiary/aromatic N) is 1. The Bertz CT molecular complexity index is 789. The summed E-state index contributed by atoms with van der Waals surface area (Å²) in [4.78, 5) is 15.6. The number of fused-ring (bicyclic) bond motifs is 1. The number of aromatic nitrogens is 1. The van der Waals surface area contributed by atoms with Gasteiger partial charge < -0.3 is 9.47 Å². The summed E-state index contributed by atoms with van der Waals surface area (Å²) in [6.45, 7) is 2.06. The maximum atomic E-state index is 14.0. The van der Waals surface area contributed by atoms with Crippen LogP contribution in [0.1, 0.15) is 17.7 Å². The van der Waals surface area contributed by atoms with Gasteiger partial charge in [0.15, 0.2) is 17.4 Å². The number of alkyl halides is 3. The fourth-order valence-corrected chi connectivity index (χ4v) is 1.96. The molecule has 2 aromatic rings. The number of rotatable bonds is 3. The highest BCUT2D eigenvalue weighted by Gasteiger charge is 2.28. The second-order valence-electron chi connectivity index (χ2n) is 4.97. The van der Waals surface area contributed by atoms with Gasteiger partial charge in [-0.2, -0.15) is 13.2 Å². The molecule has 0 bridgehead atoms. The lowest BCUT2D eigenvalue weighted by molar-refractivity contribution is -0.141. The highest BCUT2D eigenvalue weighted by atomic mass is 19.4. The minimum atomic E-state index is -4.49. The lowest BCUT2D eigenvalue weighted by Crippen LogP contribution is -2.17. The third-order valence-corrected chi connectivity index (χ3v) is 3.26. The number of hydrogen-bond donors (Lipinski definition) is 0. The highest BCUT2D eigenvalue weighted by Crippen LogP contribution is 2.33. The van der Waals surface area contributed by atoms with Crippen LogP contribution in [0.4, 0.5) is 26.7 Å². The van der Waals surface area contributed by atoms with Crippen LogP contribution in [0.2, 0.25) is 0 Å². The Morgan fingerprint density at radius 2 is 1.88 bits per heavy atom. The molecule has 0 radical (unpaired) electrons. The average molecular weight is 349 g/mol. The Balaban J connectivity index is 2.32. The van der Waals surface area contributed by atoms with Crippen LogP contribution in [0.5, 0.6) is 5.75 Å². The van der Waals surface area contributed by atoms with Gasteiger partial charge in [-0.3, -0.25) is 4.98 Å². The van der Waals surface area contributed by atoms with E-state index >= 15 is 0 Å². The Morgan fingerprint density at radius 3 is 2.50 bits per heavy atom. The molecule has 0 saturated heterocycles. The molecule has 0 aliphatic heterocycles. The maximum absolute atomic E-state index is 14.0. The molecular formula is C15H12F5NO3. The summed E-state index contributed by atoms with van der Waals surface area (Å²) in [6.07, 6.45) is -7.29. The Hall–Kier alpha value is -2.45. The lowest BCUT2D eigenvalue weighted by Gasteiger charge is -2.13. The van der Waals surface area contributed by atoms with E-state index in [0.717, 1.165) is 6.07 Å². The first kappa shape index (κ1) is 17.9. The zero-order valence-electron chi connectivity index (χ0n) is 12.6. The molecule has 0 fully saturated rings. The third-order valence-electron chi connectivity index (χ3n) is 3.26. The summed E-state index contributed by atoms with van der Waals surface area (Å²) in [6, 6.07) is 2.06. The second kappa shape index (κ2) is 6.58. The van der Waals surface area contributed by atoms with E-state index in [2.05, 4.69) is 9.72 Å². The number of pyridine rings is 1. The fraction of sp³-hybridized carbons (Fsp3) is 0.333. The molecule has 0 unspecified atom stereocenters. The maximum Gasteiger partial charge on any atom is 0.513 e. The van der Waals surface area contributed by atoms with Gasteiger partial charge in [0.2, 0.25) is 0 Å².